The Morgan fingerprint density at radius 1 is 1.14 bits per heavy atom. The molecule has 118 valence electrons. The number of aromatic nitrogens is 3. The molecular formula is C15H19F2N5. The van der Waals surface area contributed by atoms with Crippen LogP contribution < -0.4 is 11.1 Å². The quantitative estimate of drug-likeness (QED) is 0.858. The van der Waals surface area contributed by atoms with E-state index < -0.39 is 11.6 Å². The Balaban J connectivity index is 2.00. The number of hydrogen-bond acceptors (Lipinski definition) is 5. The van der Waals surface area contributed by atoms with Gasteiger partial charge in [0, 0.05) is 12.1 Å². The van der Waals surface area contributed by atoms with Crippen LogP contribution in [0.1, 0.15) is 31.2 Å². The number of benzene rings is 1. The smallest absolute Gasteiger partial charge is 0.227 e. The summed E-state index contributed by atoms with van der Waals surface area (Å²) < 4.78 is 26.3. The van der Waals surface area contributed by atoms with Gasteiger partial charge in [-0.05, 0) is 43.9 Å². The monoisotopic (exact) mass is 307 g/mol. The van der Waals surface area contributed by atoms with Crippen molar-refractivity contribution in [1.29, 1.82) is 0 Å². The second-order valence-electron chi connectivity index (χ2n) is 5.13. The van der Waals surface area contributed by atoms with Crippen molar-refractivity contribution in [2.75, 3.05) is 11.1 Å². The van der Waals surface area contributed by atoms with Crippen molar-refractivity contribution >= 4 is 11.9 Å². The highest BCUT2D eigenvalue weighted by Gasteiger charge is 2.10. The SMILES string of the molecule is CCC(CCc1cc(F)cc(F)c1)Nc1nc(C)nc(N)n1. The van der Waals surface area contributed by atoms with E-state index in [1.807, 2.05) is 6.92 Å². The van der Waals surface area contributed by atoms with Crippen LogP contribution in [-0.2, 0) is 6.42 Å². The molecule has 0 aliphatic carbocycles. The Morgan fingerprint density at radius 2 is 1.82 bits per heavy atom. The molecule has 1 atom stereocenters. The van der Waals surface area contributed by atoms with E-state index in [0.29, 0.717) is 30.2 Å². The van der Waals surface area contributed by atoms with Gasteiger partial charge < -0.3 is 11.1 Å². The molecule has 22 heavy (non-hydrogen) atoms. The average Bonchev–Trinajstić information content (AvgIpc) is 2.41. The van der Waals surface area contributed by atoms with Gasteiger partial charge in [-0.1, -0.05) is 6.92 Å². The lowest BCUT2D eigenvalue weighted by Crippen LogP contribution is -2.21. The molecule has 0 bridgehead atoms. The number of nitrogens with one attached hydrogen (secondary N) is 1. The lowest BCUT2D eigenvalue weighted by Gasteiger charge is -2.17. The molecule has 1 aromatic carbocycles. The zero-order chi connectivity index (χ0) is 16.1. The standard InChI is InChI=1S/C15H19F2N5/c1-3-13(21-15-20-9(2)19-14(18)22-15)5-4-10-6-11(16)8-12(17)7-10/h6-8,13H,3-5H2,1-2H3,(H3,18,19,20,21,22). The number of hydrogen-bond donors (Lipinski definition) is 2. The molecule has 0 fully saturated rings. The maximum atomic E-state index is 13.2. The van der Waals surface area contributed by atoms with Crippen LogP contribution in [0.15, 0.2) is 18.2 Å². The molecule has 0 saturated carbocycles. The van der Waals surface area contributed by atoms with Crippen molar-refractivity contribution in [3.05, 3.63) is 41.2 Å². The summed E-state index contributed by atoms with van der Waals surface area (Å²) in [5, 5.41) is 3.18. The number of halogens is 2. The van der Waals surface area contributed by atoms with Crippen LogP contribution in [0, 0.1) is 18.6 Å². The number of nitrogens with two attached hydrogens (primary N) is 1. The molecule has 5 nitrogen and oxygen atoms in total. The summed E-state index contributed by atoms with van der Waals surface area (Å²) in [5.41, 5.74) is 6.22. The number of rotatable bonds is 6. The summed E-state index contributed by atoms with van der Waals surface area (Å²) in [5.74, 6) is 0.00475. The van der Waals surface area contributed by atoms with E-state index in [9.17, 15) is 8.78 Å². The first-order valence-electron chi connectivity index (χ1n) is 7.16. The largest absolute Gasteiger partial charge is 0.368 e. The van der Waals surface area contributed by atoms with E-state index in [4.69, 9.17) is 5.73 Å². The van der Waals surface area contributed by atoms with Crippen molar-refractivity contribution in [1.82, 2.24) is 15.0 Å². The highest BCUT2D eigenvalue weighted by atomic mass is 19.1. The normalized spacial score (nSPS) is 12.2. The van der Waals surface area contributed by atoms with Gasteiger partial charge in [0.25, 0.3) is 0 Å². The maximum Gasteiger partial charge on any atom is 0.227 e. The van der Waals surface area contributed by atoms with Gasteiger partial charge >= 0.3 is 0 Å². The Morgan fingerprint density at radius 3 is 2.41 bits per heavy atom. The van der Waals surface area contributed by atoms with Crippen molar-refractivity contribution < 1.29 is 8.78 Å². The summed E-state index contributed by atoms with van der Waals surface area (Å²) >= 11 is 0. The van der Waals surface area contributed by atoms with E-state index in [2.05, 4.69) is 20.3 Å². The first-order valence-corrected chi connectivity index (χ1v) is 7.16. The van der Waals surface area contributed by atoms with Crippen molar-refractivity contribution in [3.63, 3.8) is 0 Å². The van der Waals surface area contributed by atoms with E-state index >= 15 is 0 Å². The van der Waals surface area contributed by atoms with Crippen molar-refractivity contribution in [2.24, 2.45) is 0 Å². The first kappa shape index (κ1) is 16.1. The van der Waals surface area contributed by atoms with Crippen LogP contribution >= 0.6 is 0 Å². The minimum Gasteiger partial charge on any atom is -0.368 e. The summed E-state index contributed by atoms with van der Waals surface area (Å²) in [6.07, 6.45) is 2.08. The second kappa shape index (κ2) is 7.11. The molecule has 7 heteroatoms. The van der Waals surface area contributed by atoms with Crippen molar-refractivity contribution in [3.8, 4) is 0 Å². The van der Waals surface area contributed by atoms with E-state index in [-0.39, 0.29) is 12.0 Å². The van der Waals surface area contributed by atoms with Gasteiger partial charge in [0.2, 0.25) is 11.9 Å². The number of anilines is 2. The molecule has 0 saturated heterocycles. The molecule has 0 aliphatic rings. The molecule has 1 heterocycles. The molecule has 3 N–H and O–H groups in total. The summed E-state index contributed by atoms with van der Waals surface area (Å²) in [4.78, 5) is 12.1. The third-order valence-corrected chi connectivity index (χ3v) is 3.29. The number of nitrogen functional groups attached to an aromatic ring is 1. The molecule has 2 aromatic rings. The Hall–Kier alpha value is -2.31. The fourth-order valence-corrected chi connectivity index (χ4v) is 2.22. The maximum absolute atomic E-state index is 13.2. The Bertz CT molecular complexity index is 607. The minimum absolute atomic E-state index is 0.0764. The van der Waals surface area contributed by atoms with Gasteiger partial charge in [-0.3, -0.25) is 0 Å². The number of nitrogens with zero attached hydrogens (tertiary/aromatic N) is 3. The highest BCUT2D eigenvalue weighted by molar-refractivity contribution is 5.32. The lowest BCUT2D eigenvalue weighted by atomic mass is 10.0. The molecule has 0 radical (unpaired) electrons. The zero-order valence-electron chi connectivity index (χ0n) is 12.6. The Kier molecular flexibility index (Phi) is 5.19. The van der Waals surface area contributed by atoms with Crippen LogP contribution in [0.3, 0.4) is 0 Å². The third kappa shape index (κ3) is 4.61. The van der Waals surface area contributed by atoms with Crippen LogP contribution in [0.5, 0.6) is 0 Å². The van der Waals surface area contributed by atoms with Crippen LogP contribution in [-0.4, -0.2) is 21.0 Å². The summed E-state index contributed by atoms with van der Waals surface area (Å²) in [7, 11) is 0. The molecule has 0 spiro atoms. The number of aryl methyl sites for hydroxylation is 2. The summed E-state index contributed by atoms with van der Waals surface area (Å²) in [6, 6.07) is 3.64. The summed E-state index contributed by atoms with van der Waals surface area (Å²) in [6.45, 7) is 3.75. The highest BCUT2D eigenvalue weighted by Crippen LogP contribution is 2.14. The topological polar surface area (TPSA) is 76.7 Å². The predicted octanol–water partition coefficient (Wildman–Crippen LogP) is 2.86. The van der Waals surface area contributed by atoms with Gasteiger partial charge in [0.1, 0.15) is 17.5 Å². The molecular weight excluding hydrogens is 288 g/mol. The van der Waals surface area contributed by atoms with Crippen LogP contribution in [0.2, 0.25) is 0 Å². The molecule has 1 unspecified atom stereocenters. The van der Waals surface area contributed by atoms with E-state index in [1.165, 1.54) is 12.1 Å². The molecule has 1 aromatic heterocycles. The second-order valence-corrected chi connectivity index (χ2v) is 5.13. The van der Waals surface area contributed by atoms with Gasteiger partial charge in [0.15, 0.2) is 0 Å². The van der Waals surface area contributed by atoms with Crippen LogP contribution in [0.4, 0.5) is 20.7 Å². The third-order valence-electron chi connectivity index (χ3n) is 3.29. The molecule has 0 aliphatic heterocycles. The van der Waals surface area contributed by atoms with Crippen molar-refractivity contribution in [2.45, 2.75) is 39.2 Å². The van der Waals surface area contributed by atoms with Gasteiger partial charge in [0.05, 0.1) is 0 Å². The van der Waals surface area contributed by atoms with E-state index in [1.54, 1.807) is 6.92 Å². The van der Waals surface area contributed by atoms with Gasteiger partial charge in [-0.25, -0.2) is 8.78 Å². The van der Waals surface area contributed by atoms with Crippen LogP contribution in [0.25, 0.3) is 0 Å². The molecule has 2 rings (SSSR count). The minimum atomic E-state index is -0.558. The fraction of sp³-hybridized carbons (Fsp3) is 0.400. The molecule has 0 amide bonds. The van der Waals surface area contributed by atoms with Gasteiger partial charge in [-0.15, -0.1) is 0 Å². The first-order chi connectivity index (χ1) is 10.5. The van der Waals surface area contributed by atoms with E-state index in [0.717, 1.165) is 12.5 Å². The Labute approximate surface area is 128 Å². The van der Waals surface area contributed by atoms with Gasteiger partial charge in [-0.2, -0.15) is 15.0 Å². The average molecular weight is 307 g/mol. The predicted molar refractivity (Wildman–Crippen MR) is 81.4 cm³/mol. The zero-order valence-corrected chi connectivity index (χ0v) is 12.6. The lowest BCUT2D eigenvalue weighted by molar-refractivity contribution is 0.573. The fourth-order valence-electron chi connectivity index (χ4n) is 2.22.